The van der Waals surface area contributed by atoms with E-state index in [9.17, 15) is 0 Å². The quantitative estimate of drug-likeness (QED) is 0.738. The van der Waals surface area contributed by atoms with Gasteiger partial charge >= 0.3 is 0 Å². The minimum Gasteiger partial charge on any atom is -0.662 e. The largest absolute Gasteiger partial charge is 0.662 e. The summed E-state index contributed by atoms with van der Waals surface area (Å²) in [6.45, 7) is 1.61. The first-order valence-corrected chi connectivity index (χ1v) is 7.11. The molecule has 1 saturated heterocycles. The number of aromatic nitrogens is 3. The molecule has 0 saturated carbocycles. The second kappa shape index (κ2) is 5.02. The van der Waals surface area contributed by atoms with E-state index in [1.807, 2.05) is 40.9 Å². The number of imidazole rings is 1. The molecule has 5 nitrogen and oxygen atoms in total. The second-order valence-corrected chi connectivity index (χ2v) is 5.41. The Morgan fingerprint density at radius 1 is 1.24 bits per heavy atom. The van der Waals surface area contributed by atoms with Gasteiger partial charge in [-0.05, 0) is 17.8 Å². The lowest BCUT2D eigenvalue weighted by Crippen LogP contribution is -2.26. The molecule has 0 N–H and O–H groups in total. The Labute approximate surface area is 127 Å². The molecule has 106 valence electrons. The maximum Gasteiger partial charge on any atom is 0.137 e. The molecule has 3 aromatic rings. The predicted molar refractivity (Wildman–Crippen MR) is 83.3 cm³/mol. The van der Waals surface area contributed by atoms with Gasteiger partial charge < -0.3 is 15.6 Å². The van der Waals surface area contributed by atoms with Gasteiger partial charge in [0.2, 0.25) is 0 Å². The zero-order valence-corrected chi connectivity index (χ0v) is 11.9. The Balaban J connectivity index is 1.73. The van der Waals surface area contributed by atoms with Gasteiger partial charge in [0.25, 0.3) is 0 Å². The van der Waals surface area contributed by atoms with Crippen LogP contribution in [0.2, 0.25) is 5.02 Å². The van der Waals surface area contributed by atoms with Gasteiger partial charge in [-0.2, -0.15) is 0 Å². The van der Waals surface area contributed by atoms with Crippen molar-refractivity contribution in [3.8, 4) is 11.4 Å². The van der Waals surface area contributed by atoms with Crippen molar-refractivity contribution in [2.24, 2.45) is 0 Å². The van der Waals surface area contributed by atoms with Crippen molar-refractivity contribution in [2.45, 2.75) is 6.04 Å². The van der Waals surface area contributed by atoms with Crippen LogP contribution in [0.5, 0.6) is 0 Å². The van der Waals surface area contributed by atoms with Gasteiger partial charge in [-0.3, -0.25) is 4.40 Å². The molecule has 4 heterocycles. The molecule has 1 aliphatic rings. The van der Waals surface area contributed by atoms with Gasteiger partial charge in [0.1, 0.15) is 5.65 Å². The fourth-order valence-corrected chi connectivity index (χ4v) is 2.46. The van der Waals surface area contributed by atoms with E-state index in [4.69, 9.17) is 11.6 Å². The van der Waals surface area contributed by atoms with Crippen LogP contribution in [0, 0.1) is 0 Å². The fourth-order valence-electron chi connectivity index (χ4n) is 2.30. The summed E-state index contributed by atoms with van der Waals surface area (Å²) < 4.78 is 1.94. The number of fused-ring (bicyclic) bond motifs is 1. The summed E-state index contributed by atoms with van der Waals surface area (Å²) in [5.41, 5.74) is 2.58. The van der Waals surface area contributed by atoms with E-state index in [0.717, 1.165) is 35.9 Å². The monoisotopic (exact) mass is 297 g/mol. The van der Waals surface area contributed by atoms with Crippen LogP contribution >= 0.6 is 11.6 Å². The molecule has 3 aromatic heterocycles. The summed E-state index contributed by atoms with van der Waals surface area (Å²) in [5.74, 6) is 0.740. The number of rotatable bonds is 3. The lowest BCUT2D eigenvalue weighted by molar-refractivity contribution is 0.720. The van der Waals surface area contributed by atoms with Crippen LogP contribution in [-0.4, -0.2) is 33.5 Å². The summed E-state index contributed by atoms with van der Waals surface area (Å²) in [6.07, 6.45) is 3.64. The molecule has 0 aromatic carbocycles. The molecule has 0 aliphatic carbocycles. The van der Waals surface area contributed by atoms with E-state index < -0.39 is 0 Å². The number of nitrogens with zero attached hydrogens (tertiary/aromatic N) is 5. The summed E-state index contributed by atoms with van der Waals surface area (Å²) in [6, 6.07) is 9.82. The van der Waals surface area contributed by atoms with E-state index in [0.29, 0.717) is 5.02 Å². The third kappa shape index (κ3) is 2.34. The van der Waals surface area contributed by atoms with Gasteiger partial charge in [0.15, 0.2) is 0 Å². The van der Waals surface area contributed by atoms with E-state index in [2.05, 4.69) is 20.6 Å². The maximum atomic E-state index is 6.06. The van der Waals surface area contributed by atoms with Crippen molar-refractivity contribution < 1.29 is 0 Å². The van der Waals surface area contributed by atoms with Crippen LogP contribution in [0.4, 0.5) is 5.82 Å². The van der Waals surface area contributed by atoms with Crippen LogP contribution in [0.3, 0.4) is 0 Å². The molecule has 0 atom stereocenters. The average Bonchev–Trinajstić information content (AvgIpc) is 2.86. The predicted octanol–water partition coefficient (Wildman–Crippen LogP) is 3.81. The van der Waals surface area contributed by atoms with Crippen molar-refractivity contribution in [3.05, 3.63) is 58.4 Å². The van der Waals surface area contributed by atoms with Crippen LogP contribution in [0.25, 0.3) is 27.7 Å². The van der Waals surface area contributed by atoms with Crippen molar-refractivity contribution >= 4 is 23.1 Å². The molecule has 1 fully saturated rings. The summed E-state index contributed by atoms with van der Waals surface area (Å²) in [5, 5.41) is 9.40. The van der Waals surface area contributed by atoms with Crippen molar-refractivity contribution in [1.82, 2.24) is 14.4 Å². The van der Waals surface area contributed by atoms with Crippen LogP contribution in [-0.2, 0) is 0 Å². The zero-order chi connectivity index (χ0) is 14.2. The molecule has 0 radical (unpaired) electrons. The summed E-state index contributed by atoms with van der Waals surface area (Å²) in [4.78, 5) is 8.98. The van der Waals surface area contributed by atoms with Crippen LogP contribution in [0.15, 0.2) is 42.7 Å². The van der Waals surface area contributed by atoms with Crippen molar-refractivity contribution in [3.63, 3.8) is 0 Å². The second-order valence-electron chi connectivity index (χ2n) is 4.97. The normalized spacial score (nSPS) is 15.1. The third-order valence-electron chi connectivity index (χ3n) is 3.46. The minimum atomic E-state index is 0.282. The van der Waals surface area contributed by atoms with E-state index in [-0.39, 0.29) is 6.04 Å². The van der Waals surface area contributed by atoms with Gasteiger partial charge in [0, 0.05) is 6.20 Å². The lowest BCUT2D eigenvalue weighted by Gasteiger charge is -2.46. The Hall–Kier alpha value is -2.11. The zero-order valence-electron chi connectivity index (χ0n) is 11.1. The highest BCUT2D eigenvalue weighted by Crippen LogP contribution is 2.28. The van der Waals surface area contributed by atoms with E-state index in [1.54, 1.807) is 6.20 Å². The first kappa shape index (κ1) is 12.6. The Kier molecular flexibility index (Phi) is 3.02. The summed E-state index contributed by atoms with van der Waals surface area (Å²) >= 11 is 6.06. The molecule has 4 rings (SSSR count). The first-order valence-electron chi connectivity index (χ1n) is 6.74. The van der Waals surface area contributed by atoms with Gasteiger partial charge in [0.05, 0.1) is 16.9 Å². The first-order chi connectivity index (χ1) is 10.3. The van der Waals surface area contributed by atoms with Gasteiger partial charge in [-0.1, -0.05) is 41.7 Å². The smallest absolute Gasteiger partial charge is 0.137 e. The molecule has 0 bridgehead atoms. The molecule has 1 aliphatic heterocycles. The molecule has 0 spiro atoms. The highest BCUT2D eigenvalue weighted by atomic mass is 35.5. The van der Waals surface area contributed by atoms with Gasteiger partial charge in [-0.15, -0.1) is 13.1 Å². The average molecular weight is 298 g/mol. The molecular weight excluding hydrogens is 286 g/mol. The Morgan fingerprint density at radius 3 is 2.95 bits per heavy atom. The topological polar surface area (TPSA) is 58.4 Å². The lowest BCUT2D eigenvalue weighted by atomic mass is 10.2. The number of pyridine rings is 2. The van der Waals surface area contributed by atoms with Crippen molar-refractivity contribution in [2.75, 3.05) is 13.1 Å². The van der Waals surface area contributed by atoms with E-state index in [1.165, 1.54) is 0 Å². The van der Waals surface area contributed by atoms with E-state index >= 15 is 0 Å². The molecule has 0 amide bonds. The maximum absolute atomic E-state index is 6.06. The number of hydrogen-bond donors (Lipinski definition) is 0. The van der Waals surface area contributed by atoms with Crippen LogP contribution in [0.1, 0.15) is 0 Å². The minimum absolute atomic E-state index is 0.282. The highest BCUT2D eigenvalue weighted by Gasteiger charge is 2.05. The standard InChI is InChI=1S/C15H12ClN5/c16-10-4-5-15-18-8-13(21(15)9-10)12-2-1-3-14(20-12)19-11-6-17-7-11/h1-5,8-9,11H,6-7H2/q-2. The number of halogens is 1. The molecular formula is C15H12ClN5-2. The van der Waals surface area contributed by atoms with Crippen LogP contribution < -0.4 is 0 Å². The fraction of sp³-hybridized carbons (Fsp3) is 0.200. The van der Waals surface area contributed by atoms with Crippen molar-refractivity contribution in [1.29, 1.82) is 0 Å². The highest BCUT2D eigenvalue weighted by molar-refractivity contribution is 6.30. The number of hydrogen-bond acceptors (Lipinski definition) is 2. The Bertz CT molecular complexity index is 794. The Morgan fingerprint density at radius 2 is 2.14 bits per heavy atom. The SMILES string of the molecule is Clc1ccc2ncc(-c3cccc([N-]C4C[N-]C4)n3)n2c1. The molecule has 21 heavy (non-hydrogen) atoms. The summed E-state index contributed by atoms with van der Waals surface area (Å²) in [7, 11) is 0. The van der Waals surface area contributed by atoms with Gasteiger partial charge in [-0.25, -0.2) is 4.98 Å². The third-order valence-corrected chi connectivity index (χ3v) is 3.68. The molecule has 0 unspecified atom stereocenters. The molecule has 6 heteroatoms.